The molecule has 0 saturated carbocycles. The van der Waals surface area contributed by atoms with Crippen molar-refractivity contribution in [3.8, 4) is 0 Å². The first-order chi connectivity index (χ1) is 8.68. The van der Waals surface area contributed by atoms with Gasteiger partial charge in [0.05, 0.1) is 12.5 Å². The minimum absolute atomic E-state index is 0.0835. The van der Waals surface area contributed by atoms with Crippen LogP contribution in [0.1, 0.15) is 19.3 Å². The van der Waals surface area contributed by atoms with Crippen molar-refractivity contribution in [1.82, 2.24) is 4.90 Å². The molecule has 4 nitrogen and oxygen atoms in total. The van der Waals surface area contributed by atoms with Crippen LogP contribution in [0.3, 0.4) is 0 Å². The minimum Gasteiger partial charge on any atom is -0.481 e. The van der Waals surface area contributed by atoms with Crippen LogP contribution >= 0.6 is 23.5 Å². The fourth-order valence-corrected chi connectivity index (χ4v) is 4.66. The molecule has 0 bridgehead atoms. The van der Waals surface area contributed by atoms with E-state index < -0.39 is 5.97 Å². The van der Waals surface area contributed by atoms with Gasteiger partial charge < -0.3 is 10.0 Å². The molecule has 1 unspecified atom stereocenters. The Bertz CT molecular complexity index is 318. The summed E-state index contributed by atoms with van der Waals surface area (Å²) in [6, 6.07) is -0.108. The molecule has 2 heterocycles. The summed E-state index contributed by atoms with van der Waals surface area (Å²) in [5.74, 6) is 3.33. The van der Waals surface area contributed by atoms with E-state index in [2.05, 4.69) is 0 Å². The largest absolute Gasteiger partial charge is 0.481 e. The number of carboxylic acids is 1. The van der Waals surface area contributed by atoms with Crippen molar-refractivity contribution in [1.29, 1.82) is 0 Å². The summed E-state index contributed by atoms with van der Waals surface area (Å²) in [7, 11) is 0. The lowest BCUT2D eigenvalue weighted by Crippen LogP contribution is -2.49. The van der Waals surface area contributed by atoms with E-state index in [4.69, 9.17) is 5.11 Å². The average molecular weight is 289 g/mol. The summed E-state index contributed by atoms with van der Waals surface area (Å²) < 4.78 is 0. The maximum Gasteiger partial charge on any atom is 0.305 e. The van der Waals surface area contributed by atoms with E-state index in [0.29, 0.717) is 6.54 Å². The standard InChI is InChI=1S/C12H19NO3S2/c14-11(15)7-10-8-18-6-3-13(10)12(16)9-1-4-17-5-2-9/h9-10H,1-8H2,(H,14,15). The van der Waals surface area contributed by atoms with E-state index in [-0.39, 0.29) is 24.3 Å². The van der Waals surface area contributed by atoms with Crippen molar-refractivity contribution in [3.63, 3.8) is 0 Å². The minimum atomic E-state index is -0.806. The van der Waals surface area contributed by atoms with Gasteiger partial charge in [-0.15, -0.1) is 0 Å². The molecule has 2 saturated heterocycles. The highest BCUT2D eigenvalue weighted by Crippen LogP contribution is 2.28. The van der Waals surface area contributed by atoms with Crippen molar-refractivity contribution in [2.75, 3.05) is 29.6 Å². The molecule has 18 heavy (non-hydrogen) atoms. The van der Waals surface area contributed by atoms with Crippen LogP contribution in [0, 0.1) is 5.92 Å². The van der Waals surface area contributed by atoms with Crippen LogP contribution in [-0.4, -0.2) is 57.5 Å². The van der Waals surface area contributed by atoms with E-state index in [1.165, 1.54) is 0 Å². The van der Waals surface area contributed by atoms with Gasteiger partial charge in [-0.05, 0) is 24.3 Å². The molecule has 0 spiro atoms. The number of hydrogen-bond donors (Lipinski definition) is 1. The van der Waals surface area contributed by atoms with E-state index in [1.54, 1.807) is 11.8 Å². The fraction of sp³-hybridized carbons (Fsp3) is 0.833. The Morgan fingerprint density at radius 1 is 1.17 bits per heavy atom. The highest BCUT2D eigenvalue weighted by Gasteiger charge is 2.33. The number of hydrogen-bond acceptors (Lipinski definition) is 4. The Morgan fingerprint density at radius 2 is 1.89 bits per heavy atom. The number of rotatable bonds is 3. The van der Waals surface area contributed by atoms with Crippen LogP contribution in [0.4, 0.5) is 0 Å². The predicted octanol–water partition coefficient (Wildman–Crippen LogP) is 1.55. The van der Waals surface area contributed by atoms with Crippen LogP contribution in [0.5, 0.6) is 0 Å². The lowest BCUT2D eigenvalue weighted by Gasteiger charge is -2.37. The van der Waals surface area contributed by atoms with Crippen LogP contribution in [0.15, 0.2) is 0 Å². The van der Waals surface area contributed by atoms with Crippen LogP contribution in [0.2, 0.25) is 0 Å². The Hall–Kier alpha value is -0.360. The number of thioether (sulfide) groups is 2. The fourth-order valence-electron chi connectivity index (χ4n) is 2.49. The van der Waals surface area contributed by atoms with Gasteiger partial charge in [-0.1, -0.05) is 0 Å². The van der Waals surface area contributed by atoms with Gasteiger partial charge in [0.25, 0.3) is 0 Å². The number of carbonyl (C=O) groups is 2. The third-order valence-electron chi connectivity index (χ3n) is 3.49. The Labute approximate surface area is 116 Å². The quantitative estimate of drug-likeness (QED) is 0.854. The molecule has 6 heteroatoms. The maximum atomic E-state index is 12.5. The number of carboxylic acid groups (broad SMARTS) is 1. The summed E-state index contributed by atoms with van der Waals surface area (Å²) >= 11 is 3.66. The molecule has 1 N–H and O–H groups in total. The Morgan fingerprint density at radius 3 is 2.56 bits per heavy atom. The molecule has 0 aromatic carbocycles. The first kappa shape index (κ1) is 14.1. The monoisotopic (exact) mass is 289 g/mol. The van der Waals surface area contributed by atoms with Gasteiger partial charge in [0.2, 0.25) is 5.91 Å². The number of amides is 1. The van der Waals surface area contributed by atoms with Gasteiger partial charge in [-0.25, -0.2) is 0 Å². The van der Waals surface area contributed by atoms with Gasteiger partial charge in [-0.3, -0.25) is 9.59 Å². The average Bonchev–Trinajstić information content (AvgIpc) is 2.39. The Balaban J connectivity index is 1.98. The zero-order chi connectivity index (χ0) is 13.0. The third kappa shape index (κ3) is 3.57. The molecular formula is C12H19NO3S2. The van der Waals surface area contributed by atoms with Crippen molar-refractivity contribution in [3.05, 3.63) is 0 Å². The van der Waals surface area contributed by atoms with Crippen LogP contribution in [-0.2, 0) is 9.59 Å². The summed E-state index contributed by atoms with van der Waals surface area (Å²) in [6.45, 7) is 0.713. The summed E-state index contributed by atoms with van der Waals surface area (Å²) in [4.78, 5) is 25.2. The third-order valence-corrected chi connectivity index (χ3v) is 5.63. The Kier molecular flexibility index (Phi) is 5.24. The van der Waals surface area contributed by atoms with E-state index >= 15 is 0 Å². The molecule has 1 amide bonds. The second kappa shape index (κ2) is 6.70. The molecule has 0 aliphatic carbocycles. The molecule has 0 aromatic rings. The number of carbonyl (C=O) groups excluding carboxylic acids is 1. The van der Waals surface area contributed by atoms with Crippen molar-refractivity contribution in [2.24, 2.45) is 5.92 Å². The van der Waals surface area contributed by atoms with Crippen molar-refractivity contribution >= 4 is 35.4 Å². The molecule has 1 atom stereocenters. The second-order valence-corrected chi connectivity index (χ2v) is 7.12. The molecule has 2 aliphatic heterocycles. The van der Waals surface area contributed by atoms with Gasteiger partial charge >= 0.3 is 5.97 Å². The van der Waals surface area contributed by atoms with E-state index in [1.807, 2.05) is 16.7 Å². The highest BCUT2D eigenvalue weighted by molar-refractivity contribution is 7.99. The summed E-state index contributed by atoms with van der Waals surface area (Å²) in [6.07, 6.45) is 1.99. The zero-order valence-electron chi connectivity index (χ0n) is 10.3. The SMILES string of the molecule is O=C(O)CC1CSCCN1C(=O)C1CCSCC1. The maximum absolute atomic E-state index is 12.5. The molecule has 2 rings (SSSR count). The zero-order valence-corrected chi connectivity index (χ0v) is 12.0. The molecule has 102 valence electrons. The van der Waals surface area contributed by atoms with Gasteiger partial charge in [0.1, 0.15) is 0 Å². The number of nitrogens with zero attached hydrogens (tertiary/aromatic N) is 1. The van der Waals surface area contributed by atoms with E-state index in [0.717, 1.165) is 35.9 Å². The molecule has 2 fully saturated rings. The summed E-state index contributed by atoms with van der Waals surface area (Å²) in [5.41, 5.74) is 0. The molecular weight excluding hydrogens is 270 g/mol. The lowest BCUT2D eigenvalue weighted by molar-refractivity contribution is -0.142. The first-order valence-electron chi connectivity index (χ1n) is 6.36. The van der Waals surface area contributed by atoms with Crippen LogP contribution < -0.4 is 0 Å². The molecule has 2 aliphatic rings. The highest BCUT2D eigenvalue weighted by atomic mass is 32.2. The van der Waals surface area contributed by atoms with Gasteiger partial charge in [0, 0.05) is 24.0 Å². The van der Waals surface area contributed by atoms with Crippen molar-refractivity contribution in [2.45, 2.75) is 25.3 Å². The first-order valence-corrected chi connectivity index (χ1v) is 8.67. The van der Waals surface area contributed by atoms with Crippen molar-refractivity contribution < 1.29 is 14.7 Å². The topological polar surface area (TPSA) is 57.6 Å². The normalized spacial score (nSPS) is 26.0. The van der Waals surface area contributed by atoms with E-state index in [9.17, 15) is 9.59 Å². The molecule has 0 radical (unpaired) electrons. The second-order valence-electron chi connectivity index (χ2n) is 4.74. The van der Waals surface area contributed by atoms with Gasteiger partial charge in [-0.2, -0.15) is 23.5 Å². The number of aliphatic carboxylic acids is 1. The van der Waals surface area contributed by atoms with Crippen LogP contribution in [0.25, 0.3) is 0 Å². The summed E-state index contributed by atoms with van der Waals surface area (Å²) in [5, 5.41) is 8.93. The molecule has 0 aromatic heterocycles. The lowest BCUT2D eigenvalue weighted by atomic mass is 9.99. The predicted molar refractivity (Wildman–Crippen MR) is 75.1 cm³/mol. The smallest absolute Gasteiger partial charge is 0.305 e. The van der Waals surface area contributed by atoms with Gasteiger partial charge in [0.15, 0.2) is 0 Å².